The van der Waals surface area contributed by atoms with E-state index in [1.807, 2.05) is 37.4 Å². The maximum atomic E-state index is 6.37. The van der Waals surface area contributed by atoms with Crippen LogP contribution in [-0.4, -0.2) is 18.2 Å². The molecule has 0 saturated carbocycles. The van der Waals surface area contributed by atoms with E-state index in [1.54, 1.807) is 6.20 Å². The van der Waals surface area contributed by atoms with Crippen LogP contribution in [0.25, 0.3) is 0 Å². The molecule has 0 radical (unpaired) electrons. The summed E-state index contributed by atoms with van der Waals surface area (Å²) >= 11 is 0. The Morgan fingerprint density at radius 1 is 1.16 bits per heavy atom. The van der Waals surface area contributed by atoms with Crippen LogP contribution in [0.15, 0.2) is 36.7 Å². The Kier molecular flexibility index (Phi) is 3.09. The maximum absolute atomic E-state index is 6.37. The number of rotatable bonds is 2. The van der Waals surface area contributed by atoms with Gasteiger partial charge < -0.3 is 15.2 Å². The van der Waals surface area contributed by atoms with E-state index in [-0.39, 0.29) is 6.04 Å². The number of aromatic nitrogens is 1. The van der Waals surface area contributed by atoms with E-state index < -0.39 is 0 Å². The van der Waals surface area contributed by atoms with Gasteiger partial charge in [0.1, 0.15) is 13.2 Å². The lowest BCUT2D eigenvalue weighted by Gasteiger charge is -2.24. The number of pyridine rings is 1. The van der Waals surface area contributed by atoms with Gasteiger partial charge in [-0.1, -0.05) is 12.1 Å². The molecular weight excluding hydrogens is 240 g/mol. The molecule has 0 fully saturated rings. The highest BCUT2D eigenvalue weighted by Crippen LogP contribution is 2.38. The molecule has 19 heavy (non-hydrogen) atoms. The first-order chi connectivity index (χ1) is 9.27. The van der Waals surface area contributed by atoms with Gasteiger partial charge in [0.15, 0.2) is 11.5 Å². The summed E-state index contributed by atoms with van der Waals surface area (Å²) in [5, 5.41) is 0. The Morgan fingerprint density at radius 3 is 2.84 bits per heavy atom. The van der Waals surface area contributed by atoms with Crippen molar-refractivity contribution in [3.63, 3.8) is 0 Å². The first-order valence-electron chi connectivity index (χ1n) is 6.32. The zero-order chi connectivity index (χ0) is 13.2. The summed E-state index contributed by atoms with van der Waals surface area (Å²) in [5.74, 6) is 1.52. The molecule has 1 unspecified atom stereocenters. The van der Waals surface area contributed by atoms with Gasteiger partial charge in [-0.25, -0.2) is 0 Å². The van der Waals surface area contributed by atoms with E-state index in [2.05, 4.69) is 4.98 Å². The SMILES string of the molecule is Cc1ccncc1C(N)c1cccc2c1OCCO2. The molecule has 1 atom stereocenters. The predicted octanol–water partition coefficient (Wildman–Crippen LogP) is 2.21. The number of nitrogens with two attached hydrogens (primary N) is 1. The largest absolute Gasteiger partial charge is 0.486 e. The van der Waals surface area contributed by atoms with Gasteiger partial charge in [0.2, 0.25) is 0 Å². The number of nitrogens with zero attached hydrogens (tertiary/aromatic N) is 1. The molecule has 98 valence electrons. The van der Waals surface area contributed by atoms with Crippen molar-refractivity contribution >= 4 is 0 Å². The van der Waals surface area contributed by atoms with Crippen molar-refractivity contribution in [1.29, 1.82) is 0 Å². The van der Waals surface area contributed by atoms with Gasteiger partial charge in [-0.2, -0.15) is 0 Å². The predicted molar refractivity (Wildman–Crippen MR) is 72.4 cm³/mol. The lowest BCUT2D eigenvalue weighted by Crippen LogP contribution is -2.20. The molecule has 4 nitrogen and oxygen atoms in total. The Hall–Kier alpha value is -2.07. The third-order valence-corrected chi connectivity index (χ3v) is 3.35. The van der Waals surface area contributed by atoms with E-state index in [4.69, 9.17) is 15.2 Å². The van der Waals surface area contributed by atoms with E-state index in [0.29, 0.717) is 13.2 Å². The van der Waals surface area contributed by atoms with E-state index in [1.165, 1.54) is 0 Å². The minimum atomic E-state index is -0.259. The molecule has 0 amide bonds. The minimum Gasteiger partial charge on any atom is -0.486 e. The van der Waals surface area contributed by atoms with E-state index in [9.17, 15) is 0 Å². The number of fused-ring (bicyclic) bond motifs is 1. The zero-order valence-electron chi connectivity index (χ0n) is 10.8. The van der Waals surface area contributed by atoms with Crippen molar-refractivity contribution < 1.29 is 9.47 Å². The minimum absolute atomic E-state index is 0.259. The molecule has 4 heteroatoms. The van der Waals surface area contributed by atoms with Crippen LogP contribution in [0.5, 0.6) is 11.5 Å². The quantitative estimate of drug-likeness (QED) is 0.895. The lowest BCUT2D eigenvalue weighted by molar-refractivity contribution is 0.169. The molecule has 2 aromatic rings. The average Bonchev–Trinajstić information content (AvgIpc) is 2.46. The second kappa shape index (κ2) is 4.90. The van der Waals surface area contributed by atoms with Crippen LogP contribution in [0.4, 0.5) is 0 Å². The Balaban J connectivity index is 2.05. The van der Waals surface area contributed by atoms with Gasteiger partial charge in [0, 0.05) is 18.0 Å². The van der Waals surface area contributed by atoms with Crippen LogP contribution in [0.2, 0.25) is 0 Å². The molecule has 1 aliphatic rings. The van der Waals surface area contributed by atoms with Crippen LogP contribution in [0.3, 0.4) is 0 Å². The summed E-state index contributed by atoms with van der Waals surface area (Å²) in [7, 11) is 0. The van der Waals surface area contributed by atoms with Gasteiger partial charge >= 0.3 is 0 Å². The van der Waals surface area contributed by atoms with Crippen molar-refractivity contribution in [1.82, 2.24) is 4.98 Å². The van der Waals surface area contributed by atoms with Crippen LogP contribution in [-0.2, 0) is 0 Å². The highest BCUT2D eigenvalue weighted by atomic mass is 16.6. The Bertz CT molecular complexity index is 598. The van der Waals surface area contributed by atoms with Crippen molar-refractivity contribution in [3.8, 4) is 11.5 Å². The maximum Gasteiger partial charge on any atom is 0.166 e. The highest BCUT2D eigenvalue weighted by Gasteiger charge is 2.21. The number of para-hydroxylation sites is 1. The Labute approximate surface area is 112 Å². The summed E-state index contributed by atoms with van der Waals surface area (Å²) in [6.45, 7) is 3.17. The summed E-state index contributed by atoms with van der Waals surface area (Å²) < 4.78 is 11.3. The molecule has 0 aliphatic carbocycles. The fraction of sp³-hybridized carbons (Fsp3) is 0.267. The zero-order valence-corrected chi connectivity index (χ0v) is 10.8. The number of hydrogen-bond donors (Lipinski definition) is 1. The van der Waals surface area contributed by atoms with Gasteiger partial charge in [-0.3, -0.25) is 4.98 Å². The van der Waals surface area contributed by atoms with Crippen LogP contribution in [0, 0.1) is 6.92 Å². The van der Waals surface area contributed by atoms with Gasteiger partial charge in [-0.15, -0.1) is 0 Å². The standard InChI is InChI=1S/C15H16N2O2/c1-10-5-6-17-9-12(10)14(16)11-3-2-4-13-15(11)19-8-7-18-13/h2-6,9,14H,7-8,16H2,1H3. The molecular formula is C15H16N2O2. The van der Waals surface area contributed by atoms with Crippen molar-refractivity contribution in [2.45, 2.75) is 13.0 Å². The van der Waals surface area contributed by atoms with Crippen molar-refractivity contribution in [3.05, 3.63) is 53.3 Å². The molecule has 1 aromatic heterocycles. The average molecular weight is 256 g/mol. The van der Waals surface area contributed by atoms with E-state index in [0.717, 1.165) is 28.2 Å². The van der Waals surface area contributed by atoms with Gasteiger partial charge in [0.25, 0.3) is 0 Å². The summed E-state index contributed by atoms with van der Waals surface area (Å²) in [6, 6.07) is 7.52. The number of benzene rings is 1. The molecule has 1 aliphatic heterocycles. The molecule has 3 rings (SSSR count). The molecule has 1 aromatic carbocycles. The van der Waals surface area contributed by atoms with Gasteiger partial charge in [-0.05, 0) is 30.2 Å². The normalized spacial score (nSPS) is 15.1. The summed E-state index contributed by atoms with van der Waals surface area (Å²) in [5.41, 5.74) is 9.43. The molecule has 0 bridgehead atoms. The topological polar surface area (TPSA) is 57.4 Å². The first kappa shape index (κ1) is 12.0. The Morgan fingerprint density at radius 2 is 2.00 bits per heavy atom. The van der Waals surface area contributed by atoms with Crippen molar-refractivity contribution in [2.75, 3.05) is 13.2 Å². The van der Waals surface area contributed by atoms with Crippen molar-refractivity contribution in [2.24, 2.45) is 5.73 Å². The number of hydrogen-bond acceptors (Lipinski definition) is 4. The smallest absolute Gasteiger partial charge is 0.166 e. The summed E-state index contributed by atoms with van der Waals surface area (Å²) in [6.07, 6.45) is 3.58. The number of ether oxygens (including phenoxy) is 2. The number of aryl methyl sites for hydroxylation is 1. The second-order valence-electron chi connectivity index (χ2n) is 4.58. The van der Waals surface area contributed by atoms with Crippen LogP contribution >= 0.6 is 0 Å². The lowest BCUT2D eigenvalue weighted by atomic mass is 9.96. The third kappa shape index (κ3) is 2.15. The highest BCUT2D eigenvalue weighted by molar-refractivity contribution is 5.51. The van der Waals surface area contributed by atoms with Crippen LogP contribution in [0.1, 0.15) is 22.7 Å². The van der Waals surface area contributed by atoms with Gasteiger partial charge in [0.05, 0.1) is 6.04 Å². The monoisotopic (exact) mass is 256 g/mol. The van der Waals surface area contributed by atoms with Crippen LogP contribution < -0.4 is 15.2 Å². The molecule has 0 spiro atoms. The fourth-order valence-electron chi connectivity index (χ4n) is 2.31. The fourth-order valence-corrected chi connectivity index (χ4v) is 2.31. The molecule has 0 saturated heterocycles. The molecule has 2 heterocycles. The third-order valence-electron chi connectivity index (χ3n) is 3.35. The summed E-state index contributed by atoms with van der Waals surface area (Å²) in [4.78, 5) is 4.15. The van der Waals surface area contributed by atoms with E-state index >= 15 is 0 Å². The second-order valence-corrected chi connectivity index (χ2v) is 4.58. The molecule has 2 N–H and O–H groups in total. The first-order valence-corrected chi connectivity index (χ1v) is 6.32.